The van der Waals surface area contributed by atoms with Crippen LogP contribution >= 0.6 is 0 Å². The molecule has 0 saturated carbocycles. The molecule has 1 N–H and O–H groups in total. The maximum atomic E-state index is 14.1. The number of carbonyl (C=O) groups excluding carboxylic acids is 1. The summed E-state index contributed by atoms with van der Waals surface area (Å²) in [7, 11) is 1.26. The third kappa shape index (κ3) is 4.52. The van der Waals surface area contributed by atoms with Crippen molar-refractivity contribution in [3.8, 4) is 0 Å². The van der Waals surface area contributed by atoms with Gasteiger partial charge in [0.15, 0.2) is 0 Å². The van der Waals surface area contributed by atoms with Crippen molar-refractivity contribution in [2.45, 2.75) is 0 Å². The maximum Gasteiger partial charge on any atom is 0.353 e. The molecule has 1 aromatic heterocycles. The molecule has 0 radical (unpaired) electrons. The lowest BCUT2D eigenvalue weighted by Gasteiger charge is -2.36. The fourth-order valence-electron chi connectivity index (χ4n) is 3.74. The molecule has 1 fully saturated rings. The number of hydrogen-bond donors (Lipinski definition) is 1. The molecule has 170 valence electrons. The highest BCUT2D eigenvalue weighted by molar-refractivity contribution is 5.96. The van der Waals surface area contributed by atoms with Crippen LogP contribution in [0.4, 0.5) is 33.1 Å². The largest absolute Gasteiger partial charge is 0.465 e. The van der Waals surface area contributed by atoms with Crippen molar-refractivity contribution in [2.24, 2.45) is 0 Å². The van der Waals surface area contributed by atoms with Gasteiger partial charge in [-0.25, -0.2) is 19.2 Å². The highest BCUT2D eigenvalue weighted by atomic mass is 19.1. The SMILES string of the molecule is COC(=O)c1ccccc1Nc1ncnc(N2CCN(c3ccccc3F)CC2)c1[N+](=O)[O-]. The van der Waals surface area contributed by atoms with E-state index in [0.29, 0.717) is 37.6 Å². The second-order valence-corrected chi connectivity index (χ2v) is 7.24. The van der Waals surface area contributed by atoms with Gasteiger partial charge in [0.2, 0.25) is 11.6 Å². The van der Waals surface area contributed by atoms with Gasteiger partial charge in [0.05, 0.1) is 29.0 Å². The number of para-hydroxylation sites is 2. The van der Waals surface area contributed by atoms with Gasteiger partial charge in [0.1, 0.15) is 12.1 Å². The molecule has 11 heteroatoms. The Morgan fingerprint density at radius 1 is 1.06 bits per heavy atom. The number of halogens is 1. The first-order valence-corrected chi connectivity index (χ1v) is 10.2. The van der Waals surface area contributed by atoms with Crippen molar-refractivity contribution >= 4 is 34.7 Å². The topological polar surface area (TPSA) is 114 Å². The van der Waals surface area contributed by atoms with Gasteiger partial charge in [-0.05, 0) is 24.3 Å². The van der Waals surface area contributed by atoms with E-state index >= 15 is 0 Å². The van der Waals surface area contributed by atoms with Crippen molar-refractivity contribution < 1.29 is 18.8 Å². The van der Waals surface area contributed by atoms with Gasteiger partial charge in [-0.3, -0.25) is 10.1 Å². The molecule has 0 spiro atoms. The molecule has 0 atom stereocenters. The Morgan fingerprint density at radius 3 is 2.42 bits per heavy atom. The summed E-state index contributed by atoms with van der Waals surface area (Å²) in [5.74, 6) is -0.784. The maximum absolute atomic E-state index is 14.1. The zero-order valence-electron chi connectivity index (χ0n) is 17.8. The molecule has 1 aliphatic rings. The predicted molar refractivity (Wildman–Crippen MR) is 121 cm³/mol. The summed E-state index contributed by atoms with van der Waals surface area (Å²) >= 11 is 0. The lowest BCUT2D eigenvalue weighted by atomic mass is 10.1. The van der Waals surface area contributed by atoms with Crippen LogP contribution in [-0.2, 0) is 4.74 Å². The van der Waals surface area contributed by atoms with E-state index in [4.69, 9.17) is 4.74 Å². The van der Waals surface area contributed by atoms with E-state index in [1.807, 2.05) is 4.90 Å². The first-order valence-electron chi connectivity index (χ1n) is 10.2. The summed E-state index contributed by atoms with van der Waals surface area (Å²) < 4.78 is 18.9. The Hall–Kier alpha value is -4.28. The molecule has 1 aliphatic heterocycles. The number of esters is 1. The normalized spacial score (nSPS) is 13.5. The zero-order chi connectivity index (χ0) is 23.4. The Labute approximate surface area is 188 Å². The molecule has 1 saturated heterocycles. The van der Waals surface area contributed by atoms with Crippen LogP contribution < -0.4 is 15.1 Å². The van der Waals surface area contributed by atoms with Gasteiger partial charge in [-0.2, -0.15) is 0 Å². The fraction of sp³-hybridized carbons (Fsp3) is 0.227. The number of hydrogen-bond acceptors (Lipinski definition) is 9. The van der Waals surface area contributed by atoms with E-state index in [1.165, 1.54) is 19.5 Å². The van der Waals surface area contributed by atoms with E-state index in [1.54, 1.807) is 47.4 Å². The predicted octanol–water partition coefficient (Wildman–Crippen LogP) is 3.38. The van der Waals surface area contributed by atoms with E-state index < -0.39 is 10.9 Å². The van der Waals surface area contributed by atoms with Crippen LogP contribution in [0.15, 0.2) is 54.9 Å². The Kier molecular flexibility index (Phi) is 6.29. The third-order valence-corrected chi connectivity index (χ3v) is 5.34. The van der Waals surface area contributed by atoms with Crippen LogP contribution in [0.2, 0.25) is 0 Å². The molecule has 0 bridgehead atoms. The number of anilines is 4. The lowest BCUT2D eigenvalue weighted by molar-refractivity contribution is -0.383. The molecule has 33 heavy (non-hydrogen) atoms. The number of nitrogens with one attached hydrogen (secondary N) is 1. The Balaban J connectivity index is 1.60. The number of nitrogens with zero attached hydrogens (tertiary/aromatic N) is 5. The van der Waals surface area contributed by atoms with E-state index in [2.05, 4.69) is 15.3 Å². The van der Waals surface area contributed by atoms with Crippen LogP contribution in [0.3, 0.4) is 0 Å². The molecule has 0 unspecified atom stereocenters. The average molecular weight is 452 g/mol. The molecule has 4 rings (SSSR count). The molecule has 0 aliphatic carbocycles. The summed E-state index contributed by atoms with van der Waals surface area (Å²) in [5, 5.41) is 14.9. The smallest absolute Gasteiger partial charge is 0.353 e. The summed E-state index contributed by atoms with van der Waals surface area (Å²) in [6.07, 6.45) is 1.23. The lowest BCUT2D eigenvalue weighted by Crippen LogP contribution is -2.47. The standard InChI is InChI=1S/C22H21FN6O4/c1-33-22(30)15-6-2-4-8-17(15)26-20-19(29(31)32)21(25-14-24-20)28-12-10-27(11-13-28)18-9-5-3-7-16(18)23/h2-9,14H,10-13H2,1H3,(H,24,25,26). The highest BCUT2D eigenvalue weighted by Crippen LogP contribution is 2.35. The highest BCUT2D eigenvalue weighted by Gasteiger charge is 2.30. The number of nitro groups is 1. The summed E-state index contributed by atoms with van der Waals surface area (Å²) in [6.45, 7) is 1.75. The minimum Gasteiger partial charge on any atom is -0.465 e. The first-order chi connectivity index (χ1) is 16.0. The van der Waals surface area contributed by atoms with Crippen LogP contribution in [0, 0.1) is 15.9 Å². The van der Waals surface area contributed by atoms with Gasteiger partial charge >= 0.3 is 11.7 Å². The second-order valence-electron chi connectivity index (χ2n) is 7.24. The van der Waals surface area contributed by atoms with Crippen molar-refractivity contribution in [3.05, 3.63) is 76.4 Å². The van der Waals surface area contributed by atoms with Crippen LogP contribution in [0.5, 0.6) is 0 Å². The number of ether oxygens (including phenoxy) is 1. The second kappa shape index (κ2) is 9.47. The Bertz CT molecular complexity index is 1180. The van der Waals surface area contributed by atoms with Crippen LogP contribution in [0.1, 0.15) is 10.4 Å². The van der Waals surface area contributed by atoms with Gasteiger partial charge in [0, 0.05) is 26.2 Å². The van der Waals surface area contributed by atoms with E-state index in [-0.39, 0.29) is 28.7 Å². The number of rotatable bonds is 6. The monoisotopic (exact) mass is 452 g/mol. The molecular formula is C22H21FN6O4. The van der Waals surface area contributed by atoms with Gasteiger partial charge < -0.3 is 19.9 Å². The molecule has 2 aromatic carbocycles. The van der Waals surface area contributed by atoms with E-state index in [9.17, 15) is 19.3 Å². The average Bonchev–Trinajstić information content (AvgIpc) is 2.84. The molecule has 2 heterocycles. The first kappa shape index (κ1) is 21.9. The molecular weight excluding hydrogens is 431 g/mol. The zero-order valence-corrected chi connectivity index (χ0v) is 17.8. The number of benzene rings is 2. The van der Waals surface area contributed by atoms with Crippen molar-refractivity contribution in [2.75, 3.05) is 48.4 Å². The van der Waals surface area contributed by atoms with Crippen LogP contribution in [-0.4, -0.2) is 54.1 Å². The minimum atomic E-state index is -0.584. The summed E-state index contributed by atoms with van der Waals surface area (Å²) in [4.78, 5) is 35.4. The van der Waals surface area contributed by atoms with Crippen molar-refractivity contribution in [1.29, 1.82) is 0 Å². The summed E-state index contributed by atoms with van der Waals surface area (Å²) in [5.41, 5.74) is 0.724. The molecule has 0 amide bonds. The van der Waals surface area contributed by atoms with Crippen molar-refractivity contribution in [3.63, 3.8) is 0 Å². The number of piperazine rings is 1. The third-order valence-electron chi connectivity index (χ3n) is 5.34. The number of methoxy groups -OCH3 is 1. The molecule has 10 nitrogen and oxygen atoms in total. The number of carbonyl (C=O) groups is 1. The minimum absolute atomic E-state index is 0.0436. The van der Waals surface area contributed by atoms with Gasteiger partial charge in [-0.15, -0.1) is 0 Å². The Morgan fingerprint density at radius 2 is 1.73 bits per heavy atom. The van der Waals surface area contributed by atoms with Gasteiger partial charge in [0.25, 0.3) is 0 Å². The summed E-state index contributed by atoms with van der Waals surface area (Å²) in [6, 6.07) is 13.0. The van der Waals surface area contributed by atoms with Crippen molar-refractivity contribution in [1.82, 2.24) is 9.97 Å². The van der Waals surface area contributed by atoms with Gasteiger partial charge in [-0.1, -0.05) is 24.3 Å². The fourth-order valence-corrected chi connectivity index (χ4v) is 3.74. The van der Waals surface area contributed by atoms with Crippen LogP contribution in [0.25, 0.3) is 0 Å². The number of aromatic nitrogens is 2. The quantitative estimate of drug-likeness (QED) is 0.341. The molecule has 3 aromatic rings. The van der Waals surface area contributed by atoms with E-state index in [0.717, 1.165) is 0 Å².